The van der Waals surface area contributed by atoms with Crippen molar-refractivity contribution in [1.82, 2.24) is 0 Å². The molecule has 0 fully saturated rings. The van der Waals surface area contributed by atoms with E-state index in [1.165, 1.54) is 16.4 Å². The first-order valence-electron chi connectivity index (χ1n) is 10.9. The molecule has 7 heteroatoms. The number of rotatable bonds is 8. The number of ether oxygens (including phenoxy) is 1. The summed E-state index contributed by atoms with van der Waals surface area (Å²) in [7, 11) is -3.61. The summed E-state index contributed by atoms with van der Waals surface area (Å²) in [6.45, 7) is 1.96. The van der Waals surface area contributed by atoms with Crippen LogP contribution in [0.3, 0.4) is 0 Å². The second-order valence-corrected chi connectivity index (χ2v) is 10.1. The van der Waals surface area contributed by atoms with E-state index in [1.54, 1.807) is 18.2 Å². The molecule has 1 N–H and O–H groups in total. The van der Waals surface area contributed by atoms with E-state index in [-0.39, 0.29) is 12.1 Å². The van der Waals surface area contributed by atoms with Crippen LogP contribution < -0.4 is 9.04 Å². The SMILES string of the molecule is Cc1cc(N(Cc2cccc(C(=O)O)c2)S(C)(=O)=O)ccc1-c1ccc(Oc2ccccc2)cc1. The van der Waals surface area contributed by atoms with Crippen LogP contribution in [0.4, 0.5) is 5.69 Å². The number of benzene rings is 4. The molecule has 0 saturated heterocycles. The van der Waals surface area contributed by atoms with Crippen molar-refractivity contribution in [3.8, 4) is 22.6 Å². The van der Waals surface area contributed by atoms with Crippen LogP contribution in [0.1, 0.15) is 21.5 Å². The van der Waals surface area contributed by atoms with Gasteiger partial charge in [0.05, 0.1) is 24.1 Å². The summed E-state index contributed by atoms with van der Waals surface area (Å²) < 4.78 is 32.3. The van der Waals surface area contributed by atoms with Gasteiger partial charge in [0.25, 0.3) is 0 Å². The highest BCUT2D eigenvalue weighted by Gasteiger charge is 2.19. The monoisotopic (exact) mass is 487 g/mol. The third-order valence-electron chi connectivity index (χ3n) is 5.54. The van der Waals surface area contributed by atoms with Crippen molar-refractivity contribution >= 4 is 21.7 Å². The Bertz CT molecular complexity index is 1450. The van der Waals surface area contributed by atoms with Crippen LogP contribution in [0.2, 0.25) is 0 Å². The van der Waals surface area contributed by atoms with E-state index in [1.807, 2.05) is 73.7 Å². The fourth-order valence-electron chi connectivity index (χ4n) is 3.82. The van der Waals surface area contributed by atoms with Gasteiger partial charge in [0.2, 0.25) is 10.0 Å². The van der Waals surface area contributed by atoms with Crippen LogP contribution in [-0.4, -0.2) is 25.7 Å². The number of anilines is 1. The molecule has 0 aromatic heterocycles. The molecule has 0 bridgehead atoms. The standard InChI is InChI=1S/C28H25NO5S/c1-20-17-24(29(35(2,32)33)19-21-7-6-8-23(18-21)28(30)31)13-16-27(20)22-11-14-26(15-12-22)34-25-9-4-3-5-10-25/h3-18H,19H2,1-2H3,(H,30,31). The topological polar surface area (TPSA) is 83.9 Å². The first-order valence-corrected chi connectivity index (χ1v) is 12.8. The summed E-state index contributed by atoms with van der Waals surface area (Å²) in [4.78, 5) is 11.3. The second kappa shape index (κ2) is 10.0. The molecular weight excluding hydrogens is 462 g/mol. The third kappa shape index (κ3) is 5.88. The van der Waals surface area contributed by atoms with E-state index in [4.69, 9.17) is 4.74 Å². The van der Waals surface area contributed by atoms with Gasteiger partial charge in [-0.05, 0) is 77.7 Å². The molecule has 4 aromatic carbocycles. The summed E-state index contributed by atoms with van der Waals surface area (Å²) in [6.07, 6.45) is 1.14. The molecular formula is C28H25NO5S. The van der Waals surface area contributed by atoms with Crippen molar-refractivity contribution in [1.29, 1.82) is 0 Å². The lowest BCUT2D eigenvalue weighted by atomic mass is 10.00. The molecule has 6 nitrogen and oxygen atoms in total. The van der Waals surface area contributed by atoms with Gasteiger partial charge in [0.15, 0.2) is 0 Å². The number of hydrogen-bond donors (Lipinski definition) is 1. The number of nitrogens with zero attached hydrogens (tertiary/aromatic N) is 1. The molecule has 0 aliphatic rings. The van der Waals surface area contributed by atoms with Gasteiger partial charge in [-0.2, -0.15) is 0 Å². The van der Waals surface area contributed by atoms with Crippen LogP contribution in [0.25, 0.3) is 11.1 Å². The average molecular weight is 488 g/mol. The first kappa shape index (κ1) is 24.0. The molecule has 0 spiro atoms. The van der Waals surface area contributed by atoms with Gasteiger partial charge in [-0.1, -0.05) is 48.5 Å². The van der Waals surface area contributed by atoms with E-state index in [9.17, 15) is 18.3 Å². The molecule has 0 atom stereocenters. The van der Waals surface area contributed by atoms with Crippen LogP contribution >= 0.6 is 0 Å². The highest BCUT2D eigenvalue weighted by atomic mass is 32.2. The highest BCUT2D eigenvalue weighted by Crippen LogP contribution is 2.31. The molecule has 4 rings (SSSR count). The Balaban J connectivity index is 1.59. The second-order valence-electron chi connectivity index (χ2n) is 8.21. The molecule has 0 heterocycles. The molecule has 178 valence electrons. The maximum Gasteiger partial charge on any atom is 0.335 e. The molecule has 0 saturated carbocycles. The Morgan fingerprint density at radius 3 is 2.17 bits per heavy atom. The predicted molar refractivity (Wildman–Crippen MR) is 138 cm³/mol. The minimum absolute atomic E-state index is 0.0320. The number of sulfonamides is 1. The van der Waals surface area contributed by atoms with Crippen molar-refractivity contribution in [3.63, 3.8) is 0 Å². The van der Waals surface area contributed by atoms with Crippen molar-refractivity contribution in [2.24, 2.45) is 0 Å². The minimum Gasteiger partial charge on any atom is -0.478 e. The molecule has 0 unspecified atom stereocenters. The third-order valence-corrected chi connectivity index (χ3v) is 6.68. The maximum absolute atomic E-state index is 12.6. The summed E-state index contributed by atoms with van der Waals surface area (Å²) >= 11 is 0. The zero-order chi connectivity index (χ0) is 25.0. The number of carbonyl (C=O) groups is 1. The maximum atomic E-state index is 12.6. The fourth-order valence-corrected chi connectivity index (χ4v) is 4.70. The lowest BCUT2D eigenvalue weighted by molar-refractivity contribution is 0.0696. The van der Waals surface area contributed by atoms with Gasteiger partial charge >= 0.3 is 5.97 Å². The molecule has 0 aliphatic carbocycles. The van der Waals surface area contributed by atoms with Crippen molar-refractivity contribution in [2.75, 3.05) is 10.6 Å². The number of hydrogen-bond acceptors (Lipinski definition) is 4. The Morgan fingerprint density at radius 2 is 1.54 bits per heavy atom. The highest BCUT2D eigenvalue weighted by molar-refractivity contribution is 7.92. The Morgan fingerprint density at radius 1 is 0.857 bits per heavy atom. The lowest BCUT2D eigenvalue weighted by Crippen LogP contribution is -2.29. The van der Waals surface area contributed by atoms with Crippen molar-refractivity contribution in [3.05, 3.63) is 114 Å². The van der Waals surface area contributed by atoms with E-state index >= 15 is 0 Å². The molecule has 0 aliphatic heterocycles. The zero-order valence-electron chi connectivity index (χ0n) is 19.4. The normalized spacial score (nSPS) is 11.1. The van der Waals surface area contributed by atoms with Crippen LogP contribution in [0.15, 0.2) is 97.1 Å². The lowest BCUT2D eigenvalue weighted by Gasteiger charge is -2.24. The molecule has 35 heavy (non-hydrogen) atoms. The van der Waals surface area contributed by atoms with E-state index in [0.29, 0.717) is 11.3 Å². The predicted octanol–water partition coefficient (Wildman–Crippen LogP) is 6.12. The average Bonchev–Trinajstić information content (AvgIpc) is 2.83. The summed E-state index contributed by atoms with van der Waals surface area (Å²) in [5.41, 5.74) is 4.08. The van der Waals surface area contributed by atoms with Crippen molar-refractivity contribution < 1.29 is 23.1 Å². The smallest absolute Gasteiger partial charge is 0.335 e. The number of aryl methyl sites for hydroxylation is 1. The number of para-hydroxylation sites is 1. The van der Waals surface area contributed by atoms with Gasteiger partial charge in [0, 0.05) is 0 Å². The van der Waals surface area contributed by atoms with Crippen LogP contribution in [0.5, 0.6) is 11.5 Å². The molecule has 0 amide bonds. The quantitative estimate of drug-likeness (QED) is 0.324. The van der Waals surface area contributed by atoms with Crippen LogP contribution in [0, 0.1) is 6.92 Å². The van der Waals surface area contributed by atoms with Crippen molar-refractivity contribution in [2.45, 2.75) is 13.5 Å². The van der Waals surface area contributed by atoms with E-state index in [0.717, 1.165) is 34.4 Å². The molecule has 0 radical (unpaired) electrons. The van der Waals surface area contributed by atoms with E-state index < -0.39 is 16.0 Å². The van der Waals surface area contributed by atoms with Gasteiger partial charge in [0.1, 0.15) is 11.5 Å². The Hall–Kier alpha value is -4.10. The fraction of sp³-hybridized carbons (Fsp3) is 0.107. The van der Waals surface area contributed by atoms with Gasteiger partial charge < -0.3 is 9.84 Å². The Labute approximate surface area is 205 Å². The number of carboxylic acids is 1. The van der Waals surface area contributed by atoms with Gasteiger partial charge in [-0.25, -0.2) is 13.2 Å². The molecule has 4 aromatic rings. The first-order chi connectivity index (χ1) is 16.7. The number of aromatic carboxylic acids is 1. The Kier molecular flexibility index (Phi) is 6.89. The summed E-state index contributed by atoms with van der Waals surface area (Å²) in [6, 6.07) is 29.0. The number of carboxylic acid groups (broad SMARTS) is 1. The largest absolute Gasteiger partial charge is 0.478 e. The summed E-state index contributed by atoms with van der Waals surface area (Å²) in [5, 5.41) is 9.25. The van der Waals surface area contributed by atoms with Gasteiger partial charge in [-0.15, -0.1) is 0 Å². The summed E-state index contributed by atoms with van der Waals surface area (Å²) in [5.74, 6) is 0.426. The zero-order valence-corrected chi connectivity index (χ0v) is 20.2. The van der Waals surface area contributed by atoms with Crippen LogP contribution in [-0.2, 0) is 16.6 Å². The van der Waals surface area contributed by atoms with E-state index in [2.05, 4.69) is 0 Å². The van der Waals surface area contributed by atoms with Gasteiger partial charge in [-0.3, -0.25) is 4.31 Å². The minimum atomic E-state index is -3.61.